The summed E-state index contributed by atoms with van der Waals surface area (Å²) >= 11 is 1.55. The van der Waals surface area contributed by atoms with Gasteiger partial charge in [0.25, 0.3) is 0 Å². The second kappa shape index (κ2) is 6.75. The van der Waals surface area contributed by atoms with Gasteiger partial charge in [-0.2, -0.15) is 0 Å². The Labute approximate surface area is 135 Å². The van der Waals surface area contributed by atoms with E-state index in [9.17, 15) is 4.79 Å². The first-order valence-corrected chi connectivity index (χ1v) is 8.82. The second-order valence-corrected chi connectivity index (χ2v) is 7.29. The van der Waals surface area contributed by atoms with Gasteiger partial charge in [0.2, 0.25) is 5.91 Å². The number of aryl methyl sites for hydroxylation is 1. The number of amides is 1. The highest BCUT2D eigenvalue weighted by Crippen LogP contribution is 2.29. The van der Waals surface area contributed by atoms with Gasteiger partial charge >= 0.3 is 0 Å². The molecule has 0 spiro atoms. The number of nitrogens with zero attached hydrogens (tertiary/aromatic N) is 1. The molecule has 1 atom stereocenters. The molecule has 118 valence electrons. The largest absolute Gasteiger partial charge is 0.317 e. The molecule has 2 N–H and O–H groups in total. The summed E-state index contributed by atoms with van der Waals surface area (Å²) in [4.78, 5) is 16.8. The van der Waals surface area contributed by atoms with Crippen molar-refractivity contribution in [2.45, 2.75) is 33.1 Å². The van der Waals surface area contributed by atoms with E-state index >= 15 is 0 Å². The molecule has 2 aromatic rings. The molecule has 1 amide bonds. The molecule has 1 saturated heterocycles. The zero-order valence-electron chi connectivity index (χ0n) is 13.2. The Morgan fingerprint density at radius 1 is 1.45 bits per heavy atom. The van der Waals surface area contributed by atoms with Crippen molar-refractivity contribution in [2.24, 2.45) is 11.8 Å². The van der Waals surface area contributed by atoms with Gasteiger partial charge < -0.3 is 10.6 Å². The van der Waals surface area contributed by atoms with Gasteiger partial charge in [-0.25, -0.2) is 4.98 Å². The third kappa shape index (κ3) is 3.47. The van der Waals surface area contributed by atoms with Crippen molar-refractivity contribution in [1.82, 2.24) is 10.3 Å². The maximum absolute atomic E-state index is 12.3. The number of benzene rings is 1. The lowest BCUT2D eigenvalue weighted by Gasteiger charge is -2.27. The van der Waals surface area contributed by atoms with Gasteiger partial charge in [-0.05, 0) is 56.3 Å². The molecule has 2 heterocycles. The summed E-state index contributed by atoms with van der Waals surface area (Å²) in [6.07, 6.45) is 2.93. The summed E-state index contributed by atoms with van der Waals surface area (Å²) < 4.78 is 1.13. The smallest absolute Gasteiger partial charge is 0.226 e. The predicted molar refractivity (Wildman–Crippen MR) is 92.4 cm³/mol. The number of fused-ring (bicyclic) bond motifs is 1. The summed E-state index contributed by atoms with van der Waals surface area (Å²) in [6, 6.07) is 6.13. The predicted octanol–water partition coefficient (Wildman–Crippen LogP) is 3.57. The first kappa shape index (κ1) is 15.4. The van der Waals surface area contributed by atoms with Gasteiger partial charge in [0.15, 0.2) is 5.13 Å². The molecule has 3 rings (SSSR count). The van der Waals surface area contributed by atoms with E-state index in [1.54, 1.807) is 11.3 Å². The molecular weight excluding hydrogens is 294 g/mol. The van der Waals surface area contributed by atoms with Crippen LogP contribution in [0.25, 0.3) is 10.2 Å². The van der Waals surface area contributed by atoms with E-state index in [1.165, 1.54) is 12.8 Å². The van der Waals surface area contributed by atoms with E-state index in [4.69, 9.17) is 0 Å². The van der Waals surface area contributed by atoms with Gasteiger partial charge in [0, 0.05) is 6.42 Å². The molecule has 4 nitrogen and oxygen atoms in total. The van der Waals surface area contributed by atoms with Crippen molar-refractivity contribution in [2.75, 3.05) is 18.4 Å². The number of nitrogens with one attached hydrogen (secondary N) is 2. The third-order valence-corrected chi connectivity index (χ3v) is 5.50. The lowest BCUT2D eigenvalue weighted by molar-refractivity contribution is -0.117. The number of anilines is 1. The van der Waals surface area contributed by atoms with Crippen molar-refractivity contribution >= 4 is 32.6 Å². The van der Waals surface area contributed by atoms with Crippen LogP contribution in [0.5, 0.6) is 0 Å². The monoisotopic (exact) mass is 317 g/mol. The van der Waals surface area contributed by atoms with E-state index < -0.39 is 0 Å². The number of para-hydroxylation sites is 1. The zero-order valence-corrected chi connectivity index (χ0v) is 14.0. The number of hydrogen-bond acceptors (Lipinski definition) is 4. The molecule has 1 fully saturated rings. The van der Waals surface area contributed by atoms with Crippen LogP contribution in [0.2, 0.25) is 0 Å². The molecule has 5 heteroatoms. The Morgan fingerprint density at radius 3 is 2.95 bits per heavy atom. The second-order valence-electron chi connectivity index (χ2n) is 6.26. The van der Waals surface area contributed by atoms with Crippen molar-refractivity contribution in [3.63, 3.8) is 0 Å². The van der Waals surface area contributed by atoms with Gasteiger partial charge in [-0.1, -0.05) is 30.4 Å². The van der Waals surface area contributed by atoms with Gasteiger partial charge in [-0.15, -0.1) is 0 Å². The Balaban J connectivity index is 1.61. The molecule has 1 aliphatic heterocycles. The molecule has 1 aromatic carbocycles. The Hall–Kier alpha value is -1.46. The quantitative estimate of drug-likeness (QED) is 0.906. The number of thiazole rings is 1. The molecule has 0 bridgehead atoms. The van der Waals surface area contributed by atoms with Crippen LogP contribution in [-0.2, 0) is 4.79 Å². The van der Waals surface area contributed by atoms with E-state index in [0.717, 1.165) is 28.9 Å². The number of carbonyl (C=O) groups is 1. The minimum atomic E-state index is 0.0859. The molecule has 0 radical (unpaired) electrons. The minimum Gasteiger partial charge on any atom is -0.317 e. The summed E-state index contributed by atoms with van der Waals surface area (Å²) in [5, 5.41) is 7.07. The molecule has 1 aliphatic rings. The zero-order chi connectivity index (χ0) is 15.5. The fourth-order valence-corrected chi connectivity index (χ4v) is 4.14. The maximum Gasteiger partial charge on any atom is 0.226 e. The summed E-state index contributed by atoms with van der Waals surface area (Å²) in [7, 11) is 0. The fourth-order valence-electron chi connectivity index (χ4n) is 3.18. The van der Waals surface area contributed by atoms with Gasteiger partial charge in [0.1, 0.15) is 0 Å². The normalized spacial score (nSPS) is 17.5. The van der Waals surface area contributed by atoms with Crippen LogP contribution in [0.4, 0.5) is 5.13 Å². The van der Waals surface area contributed by atoms with Crippen LogP contribution >= 0.6 is 11.3 Å². The van der Waals surface area contributed by atoms with Crippen molar-refractivity contribution in [3.05, 3.63) is 23.8 Å². The number of hydrogen-bond donors (Lipinski definition) is 2. The van der Waals surface area contributed by atoms with Crippen LogP contribution in [0, 0.1) is 18.8 Å². The molecule has 1 aromatic heterocycles. The first-order chi connectivity index (χ1) is 10.6. The molecule has 0 saturated carbocycles. The van der Waals surface area contributed by atoms with Crippen LogP contribution in [0.1, 0.15) is 31.7 Å². The lowest BCUT2D eigenvalue weighted by Crippen LogP contribution is -2.32. The van der Waals surface area contributed by atoms with Crippen LogP contribution in [-0.4, -0.2) is 24.0 Å². The summed E-state index contributed by atoms with van der Waals surface area (Å²) in [6.45, 7) is 6.40. The molecule has 0 aliphatic carbocycles. The van der Waals surface area contributed by atoms with Crippen LogP contribution in [0.15, 0.2) is 18.2 Å². The van der Waals surface area contributed by atoms with Crippen molar-refractivity contribution in [3.8, 4) is 0 Å². The van der Waals surface area contributed by atoms with Crippen molar-refractivity contribution in [1.29, 1.82) is 0 Å². The Kier molecular flexibility index (Phi) is 4.74. The number of piperidine rings is 1. The highest BCUT2D eigenvalue weighted by molar-refractivity contribution is 7.22. The van der Waals surface area contributed by atoms with E-state index in [-0.39, 0.29) is 5.91 Å². The van der Waals surface area contributed by atoms with Gasteiger partial charge in [0.05, 0.1) is 10.2 Å². The van der Waals surface area contributed by atoms with Crippen LogP contribution in [0.3, 0.4) is 0 Å². The summed E-state index contributed by atoms with van der Waals surface area (Å²) in [5.74, 6) is 1.17. The van der Waals surface area contributed by atoms with Gasteiger partial charge in [-0.3, -0.25) is 4.79 Å². The standard InChI is InChI=1S/C17H23N3OS/c1-11-4-3-5-14-16(11)20-17(22-14)19-15(21)10-12(2)13-6-8-18-9-7-13/h3-5,12-13,18H,6-10H2,1-2H3,(H,19,20,21). The average Bonchev–Trinajstić information content (AvgIpc) is 2.92. The minimum absolute atomic E-state index is 0.0859. The van der Waals surface area contributed by atoms with E-state index in [0.29, 0.717) is 23.4 Å². The highest BCUT2D eigenvalue weighted by atomic mass is 32.1. The molecular formula is C17H23N3OS. The van der Waals surface area contributed by atoms with Crippen molar-refractivity contribution < 1.29 is 4.79 Å². The van der Waals surface area contributed by atoms with E-state index in [2.05, 4.69) is 22.5 Å². The highest BCUT2D eigenvalue weighted by Gasteiger charge is 2.22. The maximum atomic E-state index is 12.3. The lowest BCUT2D eigenvalue weighted by atomic mass is 9.84. The van der Waals surface area contributed by atoms with E-state index in [1.807, 2.05) is 25.1 Å². The Bertz CT molecular complexity index is 661. The average molecular weight is 317 g/mol. The number of aromatic nitrogens is 1. The van der Waals surface area contributed by atoms with Crippen LogP contribution < -0.4 is 10.6 Å². The Morgan fingerprint density at radius 2 is 2.23 bits per heavy atom. The topological polar surface area (TPSA) is 54.0 Å². The molecule has 22 heavy (non-hydrogen) atoms. The number of carbonyl (C=O) groups excluding carboxylic acids is 1. The molecule has 1 unspecified atom stereocenters. The third-order valence-electron chi connectivity index (χ3n) is 4.56. The fraction of sp³-hybridized carbons (Fsp3) is 0.529. The summed E-state index contributed by atoms with van der Waals surface area (Å²) in [5.41, 5.74) is 2.14. The number of rotatable bonds is 4. The SMILES string of the molecule is Cc1cccc2sc(NC(=O)CC(C)C3CCNCC3)nc12. The first-order valence-electron chi connectivity index (χ1n) is 8.00.